The molecule has 0 bridgehead atoms. The van der Waals surface area contributed by atoms with Gasteiger partial charge in [0.2, 0.25) is 0 Å². The van der Waals surface area contributed by atoms with Crippen molar-refractivity contribution in [3.8, 4) is 0 Å². The second-order valence-electron chi connectivity index (χ2n) is 4.38. The molecule has 2 nitrogen and oxygen atoms in total. The van der Waals surface area contributed by atoms with E-state index in [4.69, 9.17) is 4.74 Å². The van der Waals surface area contributed by atoms with E-state index < -0.39 is 0 Å². The number of ether oxygens (including phenoxy) is 1. The third kappa shape index (κ3) is 2.58. The van der Waals surface area contributed by atoms with Crippen LogP contribution in [0.1, 0.15) is 11.1 Å². The highest BCUT2D eigenvalue weighted by Crippen LogP contribution is 2.18. The van der Waals surface area contributed by atoms with Crippen molar-refractivity contribution in [2.24, 2.45) is 5.92 Å². The monoisotopic (exact) mass is 205 g/mol. The molecule has 15 heavy (non-hydrogen) atoms. The SMILES string of the molecule is COC1CNCC1Cc1ccc(C)cc1. The zero-order chi connectivity index (χ0) is 10.7. The molecule has 1 aromatic carbocycles. The fourth-order valence-electron chi connectivity index (χ4n) is 2.22. The minimum atomic E-state index is 0.381. The van der Waals surface area contributed by atoms with Crippen molar-refractivity contribution in [2.75, 3.05) is 20.2 Å². The number of hydrogen-bond acceptors (Lipinski definition) is 2. The Labute approximate surface area is 91.6 Å². The van der Waals surface area contributed by atoms with Crippen LogP contribution in [0.4, 0.5) is 0 Å². The van der Waals surface area contributed by atoms with Gasteiger partial charge < -0.3 is 10.1 Å². The van der Waals surface area contributed by atoms with Crippen LogP contribution in [0.5, 0.6) is 0 Å². The van der Waals surface area contributed by atoms with E-state index in [1.165, 1.54) is 11.1 Å². The van der Waals surface area contributed by atoms with Crippen LogP contribution in [0.2, 0.25) is 0 Å². The number of rotatable bonds is 3. The van der Waals surface area contributed by atoms with Crippen LogP contribution in [0.15, 0.2) is 24.3 Å². The largest absolute Gasteiger partial charge is 0.380 e. The van der Waals surface area contributed by atoms with Gasteiger partial charge >= 0.3 is 0 Å². The first-order valence-electron chi connectivity index (χ1n) is 5.58. The van der Waals surface area contributed by atoms with Gasteiger partial charge in [0.05, 0.1) is 6.10 Å². The van der Waals surface area contributed by atoms with E-state index >= 15 is 0 Å². The fourth-order valence-corrected chi connectivity index (χ4v) is 2.22. The van der Waals surface area contributed by atoms with E-state index in [0.29, 0.717) is 12.0 Å². The van der Waals surface area contributed by atoms with Gasteiger partial charge in [-0.1, -0.05) is 29.8 Å². The molecule has 1 aliphatic rings. The summed E-state index contributed by atoms with van der Waals surface area (Å²) in [6.45, 7) is 4.19. The van der Waals surface area contributed by atoms with Gasteiger partial charge in [-0.15, -0.1) is 0 Å². The maximum absolute atomic E-state index is 5.46. The van der Waals surface area contributed by atoms with Crippen molar-refractivity contribution in [1.82, 2.24) is 5.32 Å². The van der Waals surface area contributed by atoms with Crippen molar-refractivity contribution in [3.63, 3.8) is 0 Å². The Balaban J connectivity index is 1.99. The lowest BCUT2D eigenvalue weighted by Crippen LogP contribution is -2.22. The van der Waals surface area contributed by atoms with Crippen LogP contribution in [-0.2, 0) is 11.2 Å². The summed E-state index contributed by atoms with van der Waals surface area (Å²) in [7, 11) is 1.81. The molecule has 1 heterocycles. The summed E-state index contributed by atoms with van der Waals surface area (Å²) in [5.74, 6) is 0.623. The van der Waals surface area contributed by atoms with E-state index in [-0.39, 0.29) is 0 Å². The van der Waals surface area contributed by atoms with Crippen molar-refractivity contribution in [3.05, 3.63) is 35.4 Å². The lowest BCUT2D eigenvalue weighted by molar-refractivity contribution is 0.0832. The van der Waals surface area contributed by atoms with E-state index in [2.05, 4.69) is 36.5 Å². The van der Waals surface area contributed by atoms with Gasteiger partial charge in [0.15, 0.2) is 0 Å². The van der Waals surface area contributed by atoms with Crippen LogP contribution in [0.25, 0.3) is 0 Å². The maximum atomic E-state index is 5.46. The summed E-state index contributed by atoms with van der Waals surface area (Å²) in [4.78, 5) is 0. The highest BCUT2D eigenvalue weighted by Gasteiger charge is 2.26. The summed E-state index contributed by atoms with van der Waals surface area (Å²) in [6.07, 6.45) is 1.50. The topological polar surface area (TPSA) is 21.3 Å². The van der Waals surface area contributed by atoms with Gasteiger partial charge in [0.25, 0.3) is 0 Å². The van der Waals surface area contributed by atoms with Crippen molar-refractivity contribution in [2.45, 2.75) is 19.4 Å². The second-order valence-corrected chi connectivity index (χ2v) is 4.38. The van der Waals surface area contributed by atoms with Crippen molar-refractivity contribution in [1.29, 1.82) is 0 Å². The fraction of sp³-hybridized carbons (Fsp3) is 0.538. The van der Waals surface area contributed by atoms with Crippen LogP contribution < -0.4 is 5.32 Å². The average Bonchev–Trinajstić information content (AvgIpc) is 2.69. The molecule has 82 valence electrons. The highest BCUT2D eigenvalue weighted by atomic mass is 16.5. The standard InChI is InChI=1S/C13H19NO/c1-10-3-5-11(6-4-10)7-12-8-14-9-13(12)15-2/h3-6,12-14H,7-9H2,1-2H3. The first-order chi connectivity index (χ1) is 7.29. The Morgan fingerprint density at radius 1 is 1.27 bits per heavy atom. The molecule has 2 heteroatoms. The predicted octanol–water partition coefficient (Wildman–Crippen LogP) is 1.77. The van der Waals surface area contributed by atoms with E-state index in [9.17, 15) is 0 Å². The first kappa shape index (κ1) is 10.7. The van der Waals surface area contributed by atoms with Crippen LogP contribution >= 0.6 is 0 Å². The molecule has 2 atom stereocenters. The Morgan fingerprint density at radius 3 is 2.67 bits per heavy atom. The summed E-state index contributed by atoms with van der Waals surface area (Å²) in [5.41, 5.74) is 2.74. The Morgan fingerprint density at radius 2 is 2.00 bits per heavy atom. The number of hydrogen-bond donors (Lipinski definition) is 1. The van der Waals surface area contributed by atoms with Crippen LogP contribution in [0.3, 0.4) is 0 Å². The first-order valence-corrected chi connectivity index (χ1v) is 5.58. The van der Waals surface area contributed by atoms with E-state index in [1.54, 1.807) is 7.11 Å². The minimum Gasteiger partial charge on any atom is -0.380 e. The molecule has 0 amide bonds. The molecular weight excluding hydrogens is 186 g/mol. The molecule has 1 saturated heterocycles. The summed E-state index contributed by atoms with van der Waals surface area (Å²) >= 11 is 0. The van der Waals surface area contributed by atoms with E-state index in [1.807, 2.05) is 0 Å². The summed E-state index contributed by atoms with van der Waals surface area (Å²) in [6, 6.07) is 8.81. The number of nitrogens with one attached hydrogen (secondary N) is 1. The van der Waals surface area contributed by atoms with Crippen molar-refractivity contribution >= 4 is 0 Å². The molecule has 0 saturated carbocycles. The lowest BCUT2D eigenvalue weighted by Gasteiger charge is -2.16. The van der Waals surface area contributed by atoms with Gasteiger partial charge in [-0.3, -0.25) is 0 Å². The molecule has 1 N–H and O–H groups in total. The lowest BCUT2D eigenvalue weighted by atomic mass is 9.96. The van der Waals surface area contributed by atoms with Gasteiger partial charge in [0, 0.05) is 26.1 Å². The smallest absolute Gasteiger partial charge is 0.0739 e. The molecule has 0 spiro atoms. The average molecular weight is 205 g/mol. The normalized spacial score (nSPS) is 25.7. The van der Waals surface area contributed by atoms with E-state index in [0.717, 1.165) is 19.5 Å². The Kier molecular flexibility index (Phi) is 3.39. The number of benzene rings is 1. The molecule has 2 rings (SSSR count). The molecule has 1 aromatic rings. The second kappa shape index (κ2) is 4.77. The molecule has 1 aliphatic heterocycles. The Bertz CT molecular complexity index is 307. The predicted molar refractivity (Wildman–Crippen MR) is 62.0 cm³/mol. The quantitative estimate of drug-likeness (QED) is 0.812. The van der Waals surface area contributed by atoms with Gasteiger partial charge in [-0.2, -0.15) is 0 Å². The molecule has 0 radical (unpaired) electrons. The van der Waals surface area contributed by atoms with Gasteiger partial charge in [-0.05, 0) is 18.9 Å². The summed E-state index contributed by atoms with van der Waals surface area (Å²) < 4.78 is 5.46. The zero-order valence-electron chi connectivity index (χ0n) is 9.49. The Hall–Kier alpha value is -0.860. The number of aryl methyl sites for hydroxylation is 1. The van der Waals surface area contributed by atoms with Gasteiger partial charge in [-0.25, -0.2) is 0 Å². The third-order valence-electron chi connectivity index (χ3n) is 3.20. The zero-order valence-corrected chi connectivity index (χ0v) is 9.49. The van der Waals surface area contributed by atoms with Crippen molar-refractivity contribution < 1.29 is 4.74 Å². The molecule has 0 aromatic heterocycles. The molecule has 2 unspecified atom stereocenters. The molecule has 0 aliphatic carbocycles. The van der Waals surface area contributed by atoms with Crippen LogP contribution in [0, 0.1) is 12.8 Å². The number of methoxy groups -OCH3 is 1. The van der Waals surface area contributed by atoms with Crippen LogP contribution in [-0.4, -0.2) is 26.3 Å². The molecule has 1 fully saturated rings. The minimum absolute atomic E-state index is 0.381. The third-order valence-corrected chi connectivity index (χ3v) is 3.20. The summed E-state index contributed by atoms with van der Waals surface area (Å²) in [5, 5.41) is 3.38. The highest BCUT2D eigenvalue weighted by molar-refractivity contribution is 5.22. The maximum Gasteiger partial charge on any atom is 0.0739 e. The molecular formula is C13H19NO. The van der Waals surface area contributed by atoms with Gasteiger partial charge in [0.1, 0.15) is 0 Å².